The highest BCUT2D eigenvalue weighted by molar-refractivity contribution is 5.95. The van der Waals surface area contributed by atoms with Gasteiger partial charge in [0.25, 0.3) is 0 Å². The monoisotopic (exact) mass is 644 g/mol. The summed E-state index contributed by atoms with van der Waals surface area (Å²) in [4.78, 5) is 56.7. The average Bonchev–Trinajstić information content (AvgIpc) is 3.67. The zero-order valence-corrected chi connectivity index (χ0v) is 27.9. The highest BCUT2D eigenvalue weighted by atomic mass is 16.2. The Labute approximate surface area is 279 Å². The third-order valence-electron chi connectivity index (χ3n) is 9.01. The van der Waals surface area contributed by atoms with Gasteiger partial charge >= 0.3 is 0 Å². The molecule has 2 aromatic carbocycles. The van der Waals surface area contributed by atoms with Crippen molar-refractivity contribution < 1.29 is 19.2 Å². The molecule has 2 aromatic rings. The van der Waals surface area contributed by atoms with Crippen molar-refractivity contribution in [1.82, 2.24) is 20.9 Å². The Bertz CT molecular complexity index is 1360. The molecule has 0 aromatic heterocycles. The summed E-state index contributed by atoms with van der Waals surface area (Å²) < 4.78 is 0. The van der Waals surface area contributed by atoms with Gasteiger partial charge in [-0.15, -0.1) is 0 Å². The summed E-state index contributed by atoms with van der Waals surface area (Å²) in [6.07, 6.45) is 2.95. The van der Waals surface area contributed by atoms with E-state index in [1.54, 1.807) is 0 Å². The quantitative estimate of drug-likeness (QED) is 0.123. The predicted octanol–water partition coefficient (Wildman–Crippen LogP) is 2.26. The minimum absolute atomic E-state index is 0.0648. The highest BCUT2D eigenvalue weighted by Gasteiger charge is 2.35. The number of nitrogens with two attached hydrogens (primary N) is 2. The maximum atomic E-state index is 14.0. The van der Waals surface area contributed by atoms with E-state index >= 15 is 0 Å². The Morgan fingerprint density at radius 3 is 1.96 bits per heavy atom. The molecule has 0 radical (unpaired) electrons. The Balaban J connectivity index is 1.47. The number of hydrogen-bond acceptors (Lipinski definition) is 7. The number of Topliss-reactive ketones (excluding diaryl/α,β-unsaturated/α-hetero) is 1. The first-order valence-electron chi connectivity index (χ1n) is 17.0. The van der Waals surface area contributed by atoms with Crippen molar-refractivity contribution in [2.45, 2.75) is 76.9 Å². The van der Waals surface area contributed by atoms with Crippen molar-refractivity contribution in [3.05, 3.63) is 82.9 Å². The fourth-order valence-electron chi connectivity index (χ4n) is 6.45. The van der Waals surface area contributed by atoms with Crippen LogP contribution in [0.2, 0.25) is 0 Å². The number of amides is 3. The van der Waals surface area contributed by atoms with Gasteiger partial charge in [0.15, 0.2) is 5.78 Å². The van der Waals surface area contributed by atoms with Crippen LogP contribution in [0.5, 0.6) is 0 Å². The van der Waals surface area contributed by atoms with Gasteiger partial charge in [-0.05, 0) is 73.3 Å². The molecule has 254 valence electrons. The lowest BCUT2D eigenvalue weighted by Crippen LogP contribution is -2.52. The van der Waals surface area contributed by atoms with Gasteiger partial charge in [0, 0.05) is 38.5 Å². The average molecular weight is 645 g/mol. The van der Waals surface area contributed by atoms with E-state index in [9.17, 15) is 19.2 Å². The van der Waals surface area contributed by atoms with Crippen LogP contribution in [0, 0.1) is 11.8 Å². The number of benzene rings is 2. The molecule has 0 saturated carbocycles. The summed E-state index contributed by atoms with van der Waals surface area (Å²) >= 11 is 0. The van der Waals surface area contributed by atoms with E-state index in [-0.39, 0.29) is 36.4 Å². The molecule has 10 heteroatoms. The largest absolute Gasteiger partial charge is 0.345 e. The van der Waals surface area contributed by atoms with Crippen molar-refractivity contribution in [1.29, 1.82) is 0 Å². The minimum Gasteiger partial charge on any atom is -0.345 e. The number of rotatable bonds is 18. The molecular formula is C37H52N6O4. The molecule has 2 aliphatic rings. The molecule has 0 fully saturated rings. The Hall–Kier alpha value is -3.86. The van der Waals surface area contributed by atoms with E-state index < -0.39 is 30.0 Å². The molecule has 2 heterocycles. The second-order valence-electron chi connectivity index (χ2n) is 13.4. The fraction of sp³-hybridized carbons (Fsp3) is 0.514. The van der Waals surface area contributed by atoms with Crippen LogP contribution in [0.3, 0.4) is 0 Å². The van der Waals surface area contributed by atoms with Crippen molar-refractivity contribution in [2.24, 2.45) is 23.3 Å². The zero-order chi connectivity index (χ0) is 33.8. The molecule has 0 bridgehead atoms. The number of carbonyl (C=O) groups is 4. The standard InChI is InChI=1S/C37H52N6O4/c1-25(2)17-28(35(45)41-32(15-9-10-16-38)37(47)43-23-29-21-40-22-30(29)24-43)20-34(44)33(19-27-13-7-4-8-14-27)42-36(46)31(39)18-26-11-5-3-6-12-26/h3-8,11-14,25,28,31-33,40H,9-10,15-24,38-39H2,1-2H3,(H,41,45)(H,42,46). The van der Waals surface area contributed by atoms with E-state index in [2.05, 4.69) is 16.0 Å². The molecule has 7 N–H and O–H groups in total. The maximum Gasteiger partial charge on any atom is 0.245 e. The summed E-state index contributed by atoms with van der Waals surface area (Å²) in [6, 6.07) is 16.6. The molecule has 2 aliphatic heterocycles. The van der Waals surface area contributed by atoms with Gasteiger partial charge in [-0.3, -0.25) is 19.2 Å². The number of nitrogens with one attached hydrogen (secondary N) is 3. The Morgan fingerprint density at radius 2 is 1.38 bits per heavy atom. The smallest absolute Gasteiger partial charge is 0.245 e. The normalized spacial score (nSPS) is 16.8. The van der Waals surface area contributed by atoms with Crippen LogP contribution in [-0.4, -0.2) is 79.3 Å². The lowest BCUT2D eigenvalue weighted by atomic mass is 9.88. The van der Waals surface area contributed by atoms with Gasteiger partial charge in [0.1, 0.15) is 6.04 Å². The minimum atomic E-state index is -0.858. The molecule has 3 amide bonds. The van der Waals surface area contributed by atoms with E-state index in [1.165, 1.54) is 11.1 Å². The Morgan fingerprint density at radius 1 is 0.809 bits per heavy atom. The van der Waals surface area contributed by atoms with E-state index in [0.29, 0.717) is 45.3 Å². The molecule has 0 aliphatic carbocycles. The lowest BCUT2D eigenvalue weighted by molar-refractivity contribution is -0.138. The van der Waals surface area contributed by atoms with Crippen LogP contribution >= 0.6 is 0 Å². The molecule has 10 nitrogen and oxygen atoms in total. The first-order chi connectivity index (χ1) is 22.6. The van der Waals surface area contributed by atoms with Gasteiger partial charge in [-0.2, -0.15) is 0 Å². The molecule has 4 atom stereocenters. The number of nitrogens with zero attached hydrogens (tertiary/aromatic N) is 1. The van der Waals surface area contributed by atoms with Gasteiger partial charge < -0.3 is 32.3 Å². The molecule has 0 saturated heterocycles. The van der Waals surface area contributed by atoms with Gasteiger partial charge in [0.2, 0.25) is 17.7 Å². The third kappa shape index (κ3) is 10.8. The number of ketones is 1. The second-order valence-corrected chi connectivity index (χ2v) is 13.4. The maximum absolute atomic E-state index is 14.0. The summed E-state index contributed by atoms with van der Waals surface area (Å²) in [5.74, 6) is -1.60. The van der Waals surface area contributed by atoms with E-state index in [4.69, 9.17) is 11.5 Å². The van der Waals surface area contributed by atoms with Gasteiger partial charge in [0.05, 0.1) is 12.1 Å². The van der Waals surface area contributed by atoms with Crippen LogP contribution in [0.4, 0.5) is 0 Å². The highest BCUT2D eigenvalue weighted by Crippen LogP contribution is 2.23. The molecule has 47 heavy (non-hydrogen) atoms. The van der Waals surface area contributed by atoms with Crippen molar-refractivity contribution in [3.8, 4) is 0 Å². The van der Waals surface area contributed by atoms with Gasteiger partial charge in [-0.1, -0.05) is 74.5 Å². The summed E-state index contributed by atoms with van der Waals surface area (Å²) in [7, 11) is 0. The van der Waals surface area contributed by atoms with Crippen molar-refractivity contribution in [3.63, 3.8) is 0 Å². The van der Waals surface area contributed by atoms with E-state index in [0.717, 1.165) is 30.6 Å². The van der Waals surface area contributed by atoms with Crippen LogP contribution in [-0.2, 0) is 32.0 Å². The first kappa shape index (κ1) is 36.0. The third-order valence-corrected chi connectivity index (χ3v) is 9.01. The topological polar surface area (TPSA) is 160 Å². The van der Waals surface area contributed by atoms with Gasteiger partial charge in [-0.25, -0.2) is 0 Å². The van der Waals surface area contributed by atoms with Crippen LogP contribution in [0.25, 0.3) is 0 Å². The molecule has 4 unspecified atom stereocenters. The summed E-state index contributed by atoms with van der Waals surface area (Å²) in [5, 5.41) is 9.27. The number of unbranched alkanes of at least 4 members (excludes halogenated alkanes) is 1. The summed E-state index contributed by atoms with van der Waals surface area (Å²) in [6.45, 7) is 7.25. The second kappa shape index (κ2) is 17.9. The van der Waals surface area contributed by atoms with Crippen molar-refractivity contribution >= 4 is 23.5 Å². The molecule has 0 spiro atoms. The van der Waals surface area contributed by atoms with E-state index in [1.807, 2.05) is 79.4 Å². The van der Waals surface area contributed by atoms with Crippen molar-refractivity contribution in [2.75, 3.05) is 32.7 Å². The van der Waals surface area contributed by atoms with Crippen LogP contribution in [0.15, 0.2) is 71.8 Å². The first-order valence-corrected chi connectivity index (χ1v) is 17.0. The molecular weight excluding hydrogens is 592 g/mol. The fourth-order valence-corrected chi connectivity index (χ4v) is 6.45. The predicted molar refractivity (Wildman–Crippen MR) is 184 cm³/mol. The number of hydrogen-bond donors (Lipinski definition) is 5. The summed E-state index contributed by atoms with van der Waals surface area (Å²) in [5.41, 5.74) is 16.3. The van der Waals surface area contributed by atoms with Crippen LogP contribution in [0.1, 0.15) is 57.1 Å². The van der Waals surface area contributed by atoms with Crippen LogP contribution < -0.4 is 27.4 Å². The Kier molecular flexibility index (Phi) is 13.7. The lowest BCUT2D eigenvalue weighted by Gasteiger charge is -2.28. The molecule has 4 rings (SSSR count). The SMILES string of the molecule is CC(C)CC(CC(=O)C(Cc1ccccc1)NC(=O)C(N)Cc1ccccc1)C(=O)NC(CCCCN)C(=O)N1CC2=C(CNC2)C1. The number of carbonyl (C=O) groups excluding carboxylic acids is 4. The zero-order valence-electron chi connectivity index (χ0n) is 27.9.